The van der Waals surface area contributed by atoms with E-state index < -0.39 is 34.9 Å². The molecule has 2 atom stereocenters. The fourth-order valence-corrected chi connectivity index (χ4v) is 3.32. The van der Waals surface area contributed by atoms with Crippen molar-refractivity contribution >= 4 is 5.91 Å². The Morgan fingerprint density at radius 1 is 1.27 bits per heavy atom. The summed E-state index contributed by atoms with van der Waals surface area (Å²) in [6.07, 6.45) is -0.489. The number of β-amino-alcohol motifs (C(OH)–C–C–N with tert-alkyl or cyclic N) is 1. The molecule has 138 valence electrons. The summed E-state index contributed by atoms with van der Waals surface area (Å²) in [6, 6.07) is 11.1. The maximum absolute atomic E-state index is 14.5. The number of ether oxygens (including phenoxy) is 1. The highest BCUT2D eigenvalue weighted by molar-refractivity contribution is 5.95. The van der Waals surface area contributed by atoms with Crippen LogP contribution in [-0.2, 0) is 5.54 Å². The summed E-state index contributed by atoms with van der Waals surface area (Å²) < 4.78 is 32.8. The number of rotatable bonds is 4. The first kappa shape index (κ1) is 18.3. The van der Waals surface area contributed by atoms with Crippen molar-refractivity contribution in [3.05, 3.63) is 65.2 Å². The highest BCUT2D eigenvalue weighted by Gasteiger charge is 2.43. The van der Waals surface area contributed by atoms with Crippen molar-refractivity contribution in [3.8, 4) is 5.75 Å². The smallest absolute Gasteiger partial charge is 0.255 e. The van der Waals surface area contributed by atoms with E-state index in [2.05, 4.69) is 10.6 Å². The highest BCUT2D eigenvalue weighted by atomic mass is 19.1. The van der Waals surface area contributed by atoms with Crippen LogP contribution in [0.25, 0.3) is 0 Å². The molecule has 0 radical (unpaired) electrons. The van der Waals surface area contributed by atoms with Crippen molar-refractivity contribution < 1.29 is 23.4 Å². The standard InChI is InChI=1S/C19H20F2N2O3/c1-26-17-14(20)8-7-13(16(17)21)18(25)23-19(9-10-22-11-15(19)24)12-5-3-2-4-6-12/h2-8,15,22,24H,9-11H2,1H3,(H,23,25)/t15-,19+/m1/s1. The average Bonchev–Trinajstić information content (AvgIpc) is 2.65. The Kier molecular flexibility index (Phi) is 5.20. The van der Waals surface area contributed by atoms with Crippen LogP contribution in [0.4, 0.5) is 8.78 Å². The van der Waals surface area contributed by atoms with E-state index in [0.29, 0.717) is 13.0 Å². The summed E-state index contributed by atoms with van der Waals surface area (Å²) >= 11 is 0. The maximum Gasteiger partial charge on any atom is 0.255 e. The SMILES string of the molecule is COc1c(F)ccc(C(=O)N[C@]2(c3ccccc3)CCNC[C@H]2O)c1F. The number of halogens is 2. The number of piperidine rings is 1. The molecule has 7 heteroatoms. The Bertz CT molecular complexity index is 801. The van der Waals surface area contributed by atoms with Gasteiger partial charge >= 0.3 is 0 Å². The van der Waals surface area contributed by atoms with E-state index in [1.54, 1.807) is 24.3 Å². The third kappa shape index (κ3) is 3.15. The van der Waals surface area contributed by atoms with E-state index in [1.165, 1.54) is 0 Å². The molecule has 2 aromatic rings. The van der Waals surface area contributed by atoms with E-state index in [9.17, 15) is 18.7 Å². The molecule has 0 aliphatic carbocycles. The zero-order valence-corrected chi connectivity index (χ0v) is 14.3. The molecule has 1 saturated heterocycles. The van der Waals surface area contributed by atoms with Crippen LogP contribution in [0.15, 0.2) is 42.5 Å². The zero-order valence-electron chi connectivity index (χ0n) is 14.3. The number of benzene rings is 2. The van der Waals surface area contributed by atoms with Gasteiger partial charge in [-0.3, -0.25) is 4.79 Å². The fourth-order valence-electron chi connectivity index (χ4n) is 3.32. The van der Waals surface area contributed by atoms with Gasteiger partial charge in [0.1, 0.15) is 0 Å². The maximum atomic E-state index is 14.5. The van der Waals surface area contributed by atoms with Crippen molar-refractivity contribution in [1.29, 1.82) is 0 Å². The van der Waals surface area contributed by atoms with Gasteiger partial charge in [0.2, 0.25) is 0 Å². The van der Waals surface area contributed by atoms with E-state index in [-0.39, 0.29) is 12.1 Å². The van der Waals surface area contributed by atoms with Crippen LogP contribution in [0, 0.1) is 11.6 Å². The molecule has 1 aliphatic rings. The summed E-state index contributed by atoms with van der Waals surface area (Å²) in [5, 5.41) is 16.5. The van der Waals surface area contributed by atoms with Crippen molar-refractivity contribution in [2.24, 2.45) is 0 Å². The molecule has 26 heavy (non-hydrogen) atoms. The molecule has 1 fully saturated rings. The van der Waals surface area contributed by atoms with E-state index in [1.807, 2.05) is 6.07 Å². The topological polar surface area (TPSA) is 70.6 Å². The van der Waals surface area contributed by atoms with Crippen LogP contribution in [0.3, 0.4) is 0 Å². The molecule has 3 rings (SSSR count). The minimum atomic E-state index is -1.07. The Balaban J connectivity index is 1.99. The predicted molar refractivity (Wildman–Crippen MR) is 92.0 cm³/mol. The van der Waals surface area contributed by atoms with Crippen LogP contribution < -0.4 is 15.4 Å². The van der Waals surface area contributed by atoms with Crippen molar-refractivity contribution in [3.63, 3.8) is 0 Å². The third-order valence-electron chi connectivity index (χ3n) is 4.73. The minimum absolute atomic E-state index is 0.282. The van der Waals surface area contributed by atoms with Crippen molar-refractivity contribution in [2.45, 2.75) is 18.1 Å². The van der Waals surface area contributed by atoms with Gasteiger partial charge in [-0.05, 0) is 30.7 Å². The second-order valence-electron chi connectivity index (χ2n) is 6.20. The van der Waals surface area contributed by atoms with Gasteiger partial charge in [-0.1, -0.05) is 30.3 Å². The minimum Gasteiger partial charge on any atom is -0.491 e. The number of methoxy groups -OCH3 is 1. The largest absolute Gasteiger partial charge is 0.491 e. The summed E-state index contributed by atoms with van der Waals surface area (Å²) in [4.78, 5) is 12.8. The fraction of sp³-hybridized carbons (Fsp3) is 0.316. The lowest BCUT2D eigenvalue weighted by Gasteiger charge is -2.43. The monoisotopic (exact) mass is 362 g/mol. The van der Waals surface area contributed by atoms with Gasteiger partial charge in [-0.2, -0.15) is 0 Å². The predicted octanol–water partition coefficient (Wildman–Crippen LogP) is 1.95. The van der Waals surface area contributed by atoms with Gasteiger partial charge in [0.25, 0.3) is 5.91 Å². The quantitative estimate of drug-likeness (QED) is 0.778. The van der Waals surface area contributed by atoms with Crippen molar-refractivity contribution in [2.75, 3.05) is 20.2 Å². The van der Waals surface area contributed by atoms with Crippen LogP contribution in [0.1, 0.15) is 22.3 Å². The Hall–Kier alpha value is -2.51. The van der Waals surface area contributed by atoms with Crippen LogP contribution in [0.2, 0.25) is 0 Å². The molecule has 0 saturated carbocycles. The molecule has 0 unspecified atom stereocenters. The molecule has 1 aliphatic heterocycles. The molecule has 0 aromatic heterocycles. The number of aliphatic hydroxyl groups is 1. The highest BCUT2D eigenvalue weighted by Crippen LogP contribution is 2.32. The summed E-state index contributed by atoms with van der Waals surface area (Å²) in [5.74, 6) is -3.32. The first-order valence-corrected chi connectivity index (χ1v) is 8.28. The Morgan fingerprint density at radius 3 is 2.65 bits per heavy atom. The molecule has 0 spiro atoms. The second kappa shape index (κ2) is 7.39. The molecule has 1 heterocycles. The number of aliphatic hydroxyl groups excluding tert-OH is 1. The van der Waals surface area contributed by atoms with Gasteiger partial charge < -0.3 is 20.5 Å². The summed E-state index contributed by atoms with van der Waals surface area (Å²) in [7, 11) is 1.13. The third-order valence-corrected chi connectivity index (χ3v) is 4.73. The summed E-state index contributed by atoms with van der Waals surface area (Å²) in [5.41, 5.74) is -0.696. The lowest BCUT2D eigenvalue weighted by Crippen LogP contribution is -2.61. The van der Waals surface area contributed by atoms with E-state index in [0.717, 1.165) is 24.8 Å². The normalized spacial score (nSPS) is 22.7. The average molecular weight is 362 g/mol. The van der Waals surface area contributed by atoms with Gasteiger partial charge in [0.05, 0.1) is 24.3 Å². The molecule has 0 bridgehead atoms. The lowest BCUT2D eigenvalue weighted by atomic mass is 9.79. The molecule has 2 aromatic carbocycles. The van der Waals surface area contributed by atoms with Gasteiger partial charge in [0.15, 0.2) is 17.4 Å². The number of carbonyl (C=O) groups excluding carboxylic acids is 1. The Morgan fingerprint density at radius 2 is 2.00 bits per heavy atom. The zero-order chi connectivity index (χ0) is 18.7. The number of amides is 1. The molecule has 5 nitrogen and oxygen atoms in total. The number of nitrogens with one attached hydrogen (secondary N) is 2. The van der Waals surface area contributed by atoms with Crippen LogP contribution >= 0.6 is 0 Å². The number of hydrogen-bond donors (Lipinski definition) is 3. The molecule has 1 amide bonds. The Labute approximate surface area is 150 Å². The summed E-state index contributed by atoms with van der Waals surface area (Å²) in [6.45, 7) is 0.853. The lowest BCUT2D eigenvalue weighted by molar-refractivity contribution is 0.0288. The van der Waals surface area contributed by atoms with Crippen LogP contribution in [0.5, 0.6) is 5.75 Å². The van der Waals surface area contributed by atoms with Gasteiger partial charge in [-0.15, -0.1) is 0 Å². The second-order valence-corrected chi connectivity index (χ2v) is 6.20. The number of carbonyl (C=O) groups is 1. The first-order valence-electron chi connectivity index (χ1n) is 8.28. The van der Waals surface area contributed by atoms with Crippen molar-refractivity contribution in [1.82, 2.24) is 10.6 Å². The molecule has 3 N–H and O–H groups in total. The van der Waals surface area contributed by atoms with Gasteiger partial charge in [-0.25, -0.2) is 8.78 Å². The molecular formula is C19H20F2N2O3. The number of hydrogen-bond acceptors (Lipinski definition) is 4. The molecular weight excluding hydrogens is 342 g/mol. The van der Waals surface area contributed by atoms with Gasteiger partial charge in [0, 0.05) is 6.54 Å². The first-order chi connectivity index (χ1) is 12.5. The van der Waals surface area contributed by atoms with E-state index >= 15 is 0 Å². The van der Waals surface area contributed by atoms with Crippen LogP contribution in [-0.4, -0.2) is 37.3 Å². The van der Waals surface area contributed by atoms with E-state index in [4.69, 9.17) is 4.74 Å².